The minimum Gasteiger partial charge on any atom is -0.449 e. The number of rotatable bonds is 3. The minimum absolute atomic E-state index is 0.178. The lowest BCUT2D eigenvalue weighted by molar-refractivity contribution is -0.137. The Hall–Kier alpha value is -1.72. The van der Waals surface area contributed by atoms with Gasteiger partial charge in [0.05, 0.1) is 17.9 Å². The first-order valence-corrected chi connectivity index (χ1v) is 5.44. The van der Waals surface area contributed by atoms with Gasteiger partial charge in [0.1, 0.15) is 0 Å². The van der Waals surface area contributed by atoms with E-state index in [2.05, 4.69) is 0 Å². The molecule has 0 bridgehead atoms. The lowest BCUT2D eigenvalue weighted by atomic mass is 10.1. The van der Waals surface area contributed by atoms with Crippen molar-refractivity contribution in [1.82, 2.24) is 0 Å². The molecule has 0 radical (unpaired) electrons. The summed E-state index contributed by atoms with van der Waals surface area (Å²) in [5.41, 5.74) is -1.08. The third-order valence-corrected chi connectivity index (χ3v) is 2.27. The van der Waals surface area contributed by atoms with Gasteiger partial charge in [-0.25, -0.2) is 4.79 Å². The van der Waals surface area contributed by atoms with Gasteiger partial charge >= 0.3 is 12.3 Å². The summed E-state index contributed by atoms with van der Waals surface area (Å²) in [5, 5.41) is 0. The molecule has 0 saturated carbocycles. The Kier molecular flexibility index (Phi) is 4.58. The fourth-order valence-corrected chi connectivity index (χ4v) is 1.39. The molecule has 0 N–H and O–H groups in total. The van der Waals surface area contributed by atoms with Crippen LogP contribution in [-0.4, -0.2) is 19.7 Å². The summed E-state index contributed by atoms with van der Waals surface area (Å²) < 4.78 is 43.0. The predicted molar refractivity (Wildman–Crippen MR) is 61.5 cm³/mol. The highest BCUT2D eigenvalue weighted by Gasteiger charge is 2.35. The second kappa shape index (κ2) is 5.75. The van der Waals surface area contributed by atoms with Crippen molar-refractivity contribution < 1.29 is 22.7 Å². The normalized spacial score (nSPS) is 11.2. The second-order valence-electron chi connectivity index (χ2n) is 3.69. The number of hydrogen-bond acceptors (Lipinski definition) is 2. The van der Waals surface area contributed by atoms with Crippen molar-refractivity contribution in [2.24, 2.45) is 0 Å². The van der Waals surface area contributed by atoms with Crippen LogP contribution in [0.4, 0.5) is 23.7 Å². The van der Waals surface area contributed by atoms with Crippen LogP contribution in [0.25, 0.3) is 0 Å². The van der Waals surface area contributed by atoms with Crippen LogP contribution in [0.15, 0.2) is 24.3 Å². The summed E-state index contributed by atoms with van der Waals surface area (Å²) in [7, 11) is 1.25. The Balaban J connectivity index is 2.99. The zero-order valence-electron chi connectivity index (χ0n) is 10.1. The summed E-state index contributed by atoms with van der Waals surface area (Å²) in [6.07, 6.45) is -4.69. The molecule has 0 saturated heterocycles. The zero-order chi connectivity index (χ0) is 13.8. The Morgan fingerprint density at radius 1 is 1.33 bits per heavy atom. The van der Waals surface area contributed by atoms with Crippen molar-refractivity contribution in [2.45, 2.75) is 19.5 Å². The Morgan fingerprint density at radius 2 is 1.94 bits per heavy atom. The smallest absolute Gasteiger partial charge is 0.418 e. The van der Waals surface area contributed by atoms with E-state index in [0.29, 0.717) is 6.42 Å². The van der Waals surface area contributed by atoms with E-state index in [4.69, 9.17) is 4.74 Å². The first kappa shape index (κ1) is 14.3. The van der Waals surface area contributed by atoms with Crippen molar-refractivity contribution >= 4 is 11.8 Å². The Morgan fingerprint density at radius 3 is 2.50 bits per heavy atom. The average molecular weight is 261 g/mol. The number of alkyl halides is 3. The fourth-order valence-electron chi connectivity index (χ4n) is 1.39. The number of anilines is 1. The Labute approximate surface area is 103 Å². The van der Waals surface area contributed by atoms with Crippen molar-refractivity contribution in [3.63, 3.8) is 0 Å². The van der Waals surface area contributed by atoms with Crippen LogP contribution < -0.4 is 4.90 Å². The molecule has 0 aliphatic rings. The van der Waals surface area contributed by atoms with E-state index in [1.807, 2.05) is 0 Å². The number of amides is 1. The van der Waals surface area contributed by atoms with Gasteiger partial charge in [0.15, 0.2) is 0 Å². The number of hydrogen-bond donors (Lipinski definition) is 0. The van der Waals surface area contributed by atoms with E-state index in [1.54, 1.807) is 6.92 Å². The molecule has 0 aromatic heterocycles. The van der Waals surface area contributed by atoms with Gasteiger partial charge in [-0.05, 0) is 18.6 Å². The van der Waals surface area contributed by atoms with Gasteiger partial charge in [-0.1, -0.05) is 19.1 Å². The quantitative estimate of drug-likeness (QED) is 0.830. The van der Waals surface area contributed by atoms with Crippen LogP contribution in [0.2, 0.25) is 0 Å². The molecule has 0 heterocycles. The van der Waals surface area contributed by atoms with E-state index in [1.165, 1.54) is 25.2 Å². The van der Waals surface area contributed by atoms with Gasteiger partial charge in [-0.2, -0.15) is 13.2 Å². The van der Waals surface area contributed by atoms with Crippen LogP contribution in [0, 0.1) is 0 Å². The lowest BCUT2D eigenvalue weighted by Gasteiger charge is -2.21. The number of nitrogens with zero attached hydrogens (tertiary/aromatic N) is 1. The second-order valence-corrected chi connectivity index (χ2v) is 3.69. The molecule has 6 heteroatoms. The fraction of sp³-hybridized carbons (Fsp3) is 0.417. The van der Waals surface area contributed by atoms with Crippen LogP contribution in [-0.2, 0) is 10.9 Å². The van der Waals surface area contributed by atoms with Gasteiger partial charge in [-0.3, -0.25) is 4.90 Å². The molecule has 0 aliphatic heterocycles. The lowest BCUT2D eigenvalue weighted by Crippen LogP contribution is -2.29. The van der Waals surface area contributed by atoms with E-state index in [9.17, 15) is 18.0 Å². The molecular formula is C12H14F3NO2. The molecule has 3 nitrogen and oxygen atoms in total. The van der Waals surface area contributed by atoms with E-state index < -0.39 is 17.8 Å². The number of para-hydroxylation sites is 1. The monoisotopic (exact) mass is 261 g/mol. The highest BCUT2D eigenvalue weighted by molar-refractivity contribution is 5.88. The third kappa shape index (κ3) is 3.38. The van der Waals surface area contributed by atoms with E-state index in [-0.39, 0.29) is 12.3 Å². The minimum atomic E-state index is -4.50. The summed E-state index contributed by atoms with van der Waals surface area (Å²) in [6, 6.07) is 4.88. The third-order valence-electron chi connectivity index (χ3n) is 2.27. The number of halogens is 3. The van der Waals surface area contributed by atoms with Crippen LogP contribution >= 0.6 is 0 Å². The van der Waals surface area contributed by atoms with Crippen LogP contribution in [0.3, 0.4) is 0 Å². The van der Waals surface area contributed by atoms with Crippen LogP contribution in [0.1, 0.15) is 18.9 Å². The van der Waals surface area contributed by atoms with Gasteiger partial charge in [0.25, 0.3) is 0 Å². The summed E-state index contributed by atoms with van der Waals surface area (Å²) in [4.78, 5) is 12.4. The van der Waals surface area contributed by atoms with Gasteiger partial charge in [0, 0.05) is 7.05 Å². The SMILES string of the molecule is CCCOC(=O)N(C)c1ccccc1C(F)(F)F. The number of carbonyl (C=O) groups excluding carboxylic acids is 1. The predicted octanol–water partition coefficient (Wildman–Crippen LogP) is 3.69. The largest absolute Gasteiger partial charge is 0.449 e. The van der Waals surface area contributed by atoms with Crippen molar-refractivity contribution in [3.8, 4) is 0 Å². The maximum atomic E-state index is 12.7. The topological polar surface area (TPSA) is 29.5 Å². The van der Waals surface area contributed by atoms with Gasteiger partial charge in [-0.15, -0.1) is 0 Å². The summed E-state index contributed by atoms with van der Waals surface area (Å²) in [6.45, 7) is 1.98. The molecule has 0 fully saturated rings. The van der Waals surface area contributed by atoms with Gasteiger partial charge in [0.2, 0.25) is 0 Å². The van der Waals surface area contributed by atoms with Crippen molar-refractivity contribution in [3.05, 3.63) is 29.8 Å². The van der Waals surface area contributed by atoms with Crippen molar-refractivity contribution in [1.29, 1.82) is 0 Å². The molecule has 1 rings (SSSR count). The molecule has 1 amide bonds. The highest BCUT2D eigenvalue weighted by Crippen LogP contribution is 2.36. The molecule has 100 valence electrons. The van der Waals surface area contributed by atoms with Crippen LogP contribution in [0.5, 0.6) is 0 Å². The molecule has 1 aromatic carbocycles. The summed E-state index contributed by atoms with van der Waals surface area (Å²) >= 11 is 0. The first-order chi connectivity index (χ1) is 8.38. The standard InChI is InChI=1S/C12H14F3NO2/c1-3-8-18-11(17)16(2)10-7-5-4-6-9(10)12(13,14)15/h4-7H,3,8H2,1-2H3. The molecule has 1 aromatic rings. The van der Waals surface area contributed by atoms with E-state index in [0.717, 1.165) is 11.0 Å². The Bertz CT molecular complexity index is 418. The number of carbonyl (C=O) groups is 1. The molecule has 0 atom stereocenters. The first-order valence-electron chi connectivity index (χ1n) is 5.44. The average Bonchev–Trinajstić information content (AvgIpc) is 2.34. The highest BCUT2D eigenvalue weighted by atomic mass is 19.4. The maximum Gasteiger partial charge on any atom is 0.418 e. The molecule has 0 aliphatic carbocycles. The molecule has 0 unspecified atom stereocenters. The molecule has 18 heavy (non-hydrogen) atoms. The molecular weight excluding hydrogens is 247 g/mol. The maximum absolute atomic E-state index is 12.7. The number of benzene rings is 1. The zero-order valence-corrected chi connectivity index (χ0v) is 10.1. The van der Waals surface area contributed by atoms with Gasteiger partial charge < -0.3 is 4.74 Å². The number of ether oxygens (including phenoxy) is 1. The summed E-state index contributed by atoms with van der Waals surface area (Å²) in [5.74, 6) is 0. The molecule has 0 spiro atoms. The van der Waals surface area contributed by atoms with E-state index >= 15 is 0 Å². The van der Waals surface area contributed by atoms with Crippen molar-refractivity contribution in [2.75, 3.05) is 18.6 Å².